The number of benzene rings is 1. The molecule has 0 fully saturated rings. The van der Waals surface area contributed by atoms with Gasteiger partial charge in [-0.1, -0.05) is 52.5 Å². The van der Waals surface area contributed by atoms with Crippen molar-refractivity contribution in [3.8, 4) is 0 Å². The molecule has 18 heavy (non-hydrogen) atoms. The highest BCUT2D eigenvalue weighted by Gasteiger charge is 2.35. The Morgan fingerprint density at radius 3 is 2.11 bits per heavy atom. The van der Waals surface area contributed by atoms with Crippen LogP contribution in [-0.2, 0) is 10.0 Å². The number of rotatable bonds is 4. The largest absolute Gasteiger partial charge is 0.240 e. The second-order valence-corrected chi connectivity index (χ2v) is 8.07. The fourth-order valence-corrected chi connectivity index (χ4v) is 3.65. The van der Waals surface area contributed by atoms with Gasteiger partial charge in [-0.3, -0.25) is 0 Å². The first-order valence-corrected chi connectivity index (χ1v) is 8.03. The lowest BCUT2D eigenvalue weighted by Gasteiger charge is -2.23. The summed E-state index contributed by atoms with van der Waals surface area (Å²) in [5, 5.41) is 0. The third-order valence-corrected chi connectivity index (χ3v) is 4.76. The minimum Gasteiger partial charge on any atom is -0.207 e. The van der Waals surface area contributed by atoms with E-state index in [0.717, 1.165) is 5.56 Å². The molecule has 0 bridgehead atoms. The topological polar surface area (TPSA) is 46.2 Å². The zero-order chi connectivity index (χ0) is 14.0. The van der Waals surface area contributed by atoms with E-state index in [2.05, 4.69) is 4.72 Å². The van der Waals surface area contributed by atoms with Gasteiger partial charge in [-0.2, -0.15) is 0 Å². The number of hydrogen-bond donors (Lipinski definition) is 1. The Kier molecular flexibility index (Phi) is 5.59. The Balaban J connectivity index is 2.98. The Bertz CT molecular complexity index is 496. The summed E-state index contributed by atoms with van der Waals surface area (Å²) in [5.74, 6) is -0.151. The summed E-state index contributed by atoms with van der Waals surface area (Å²) in [5.41, 5.74) is 0.948. The van der Waals surface area contributed by atoms with Crippen LogP contribution in [0.15, 0.2) is 29.2 Å². The van der Waals surface area contributed by atoms with E-state index in [-0.39, 0.29) is 10.8 Å². The molecule has 0 aliphatic rings. The van der Waals surface area contributed by atoms with Crippen molar-refractivity contribution in [3.63, 3.8) is 0 Å². The van der Waals surface area contributed by atoms with Crippen molar-refractivity contribution in [2.45, 2.75) is 21.7 Å². The van der Waals surface area contributed by atoms with Gasteiger partial charge in [0.2, 0.25) is 13.8 Å². The maximum atomic E-state index is 12.0. The van der Waals surface area contributed by atoms with Gasteiger partial charge in [0.1, 0.15) is 0 Å². The van der Waals surface area contributed by atoms with Crippen LogP contribution in [0.4, 0.5) is 0 Å². The first kappa shape index (κ1) is 16.3. The summed E-state index contributed by atoms with van der Waals surface area (Å²) in [6.45, 7) is 1.85. The predicted molar refractivity (Wildman–Crippen MR) is 76.3 cm³/mol. The van der Waals surface area contributed by atoms with Crippen molar-refractivity contribution in [1.29, 1.82) is 0 Å². The van der Waals surface area contributed by atoms with Crippen LogP contribution in [0.1, 0.15) is 5.56 Å². The number of halogens is 4. The van der Waals surface area contributed by atoms with Crippen molar-refractivity contribution >= 4 is 56.4 Å². The van der Waals surface area contributed by atoms with Gasteiger partial charge >= 0.3 is 0 Å². The molecular formula is C10H11Cl4NO2S. The highest BCUT2D eigenvalue weighted by Crippen LogP contribution is 2.31. The normalized spacial score (nSPS) is 14.5. The van der Waals surface area contributed by atoms with E-state index in [9.17, 15) is 8.42 Å². The third kappa shape index (κ3) is 4.44. The van der Waals surface area contributed by atoms with E-state index < -0.39 is 19.9 Å². The van der Waals surface area contributed by atoms with Crippen LogP contribution >= 0.6 is 46.4 Å². The molecule has 0 spiro atoms. The molecule has 0 aliphatic heterocycles. The van der Waals surface area contributed by atoms with Gasteiger partial charge in [-0.05, 0) is 19.1 Å². The van der Waals surface area contributed by atoms with Crippen molar-refractivity contribution in [3.05, 3.63) is 29.8 Å². The molecule has 0 aliphatic carbocycles. The molecule has 0 saturated carbocycles. The molecule has 1 aromatic carbocycles. The fraction of sp³-hybridized carbons (Fsp3) is 0.400. The van der Waals surface area contributed by atoms with Gasteiger partial charge in [0.25, 0.3) is 0 Å². The van der Waals surface area contributed by atoms with E-state index in [1.54, 1.807) is 12.1 Å². The lowest BCUT2D eigenvalue weighted by atomic mass is 10.2. The van der Waals surface area contributed by atoms with E-state index in [4.69, 9.17) is 46.4 Å². The molecular weight excluding hydrogens is 340 g/mol. The van der Waals surface area contributed by atoms with Crippen molar-refractivity contribution in [1.82, 2.24) is 4.72 Å². The molecule has 8 heteroatoms. The molecule has 1 aromatic rings. The SMILES string of the molecule is Cc1ccc(S(=O)(=O)NC(CCl)C(Cl)(Cl)Cl)cc1. The molecule has 0 aromatic heterocycles. The monoisotopic (exact) mass is 349 g/mol. The molecule has 0 heterocycles. The third-order valence-electron chi connectivity index (χ3n) is 2.18. The second kappa shape index (κ2) is 6.16. The van der Waals surface area contributed by atoms with Gasteiger partial charge in [0.15, 0.2) is 0 Å². The predicted octanol–water partition coefficient (Wildman–Crippen LogP) is 3.25. The summed E-state index contributed by atoms with van der Waals surface area (Å²) >= 11 is 22.5. The number of sulfonamides is 1. The lowest BCUT2D eigenvalue weighted by Crippen LogP contribution is -2.44. The maximum Gasteiger partial charge on any atom is 0.240 e. The Morgan fingerprint density at radius 1 is 1.22 bits per heavy atom. The standard InChI is InChI=1S/C10H11Cl4NO2S/c1-7-2-4-8(5-3-7)18(16,17)15-9(6-11)10(12,13)14/h2-5,9,15H,6H2,1H3. The molecule has 0 amide bonds. The molecule has 1 atom stereocenters. The quantitative estimate of drug-likeness (QED) is 0.847. The minimum absolute atomic E-state index is 0.0949. The molecule has 1 rings (SSSR count). The van der Waals surface area contributed by atoms with E-state index in [0.29, 0.717) is 0 Å². The van der Waals surface area contributed by atoms with E-state index in [1.807, 2.05) is 6.92 Å². The van der Waals surface area contributed by atoms with E-state index >= 15 is 0 Å². The van der Waals surface area contributed by atoms with Crippen molar-refractivity contribution in [2.24, 2.45) is 0 Å². The van der Waals surface area contributed by atoms with Crippen LogP contribution in [0.3, 0.4) is 0 Å². The van der Waals surface area contributed by atoms with Crippen molar-refractivity contribution < 1.29 is 8.42 Å². The summed E-state index contributed by atoms with van der Waals surface area (Å²) in [6.07, 6.45) is 0. The van der Waals surface area contributed by atoms with E-state index in [1.165, 1.54) is 12.1 Å². The first-order valence-electron chi connectivity index (χ1n) is 4.88. The molecule has 3 nitrogen and oxygen atoms in total. The summed E-state index contributed by atoms with van der Waals surface area (Å²) < 4.78 is 24.5. The average molecular weight is 351 g/mol. The average Bonchev–Trinajstić information content (AvgIpc) is 2.25. The Morgan fingerprint density at radius 2 is 1.72 bits per heavy atom. The highest BCUT2D eigenvalue weighted by molar-refractivity contribution is 7.89. The van der Waals surface area contributed by atoms with Gasteiger partial charge < -0.3 is 0 Å². The number of nitrogens with one attached hydrogen (secondary N) is 1. The zero-order valence-electron chi connectivity index (χ0n) is 9.33. The van der Waals surface area contributed by atoms with Crippen LogP contribution in [-0.4, -0.2) is 24.1 Å². The van der Waals surface area contributed by atoms with Crippen LogP contribution in [0.5, 0.6) is 0 Å². The van der Waals surface area contributed by atoms with Crippen LogP contribution in [0, 0.1) is 6.92 Å². The zero-order valence-corrected chi connectivity index (χ0v) is 13.2. The van der Waals surface area contributed by atoms with Gasteiger partial charge in [0.05, 0.1) is 10.9 Å². The Hall–Kier alpha value is 0.290. The van der Waals surface area contributed by atoms with Crippen LogP contribution < -0.4 is 4.72 Å². The maximum absolute atomic E-state index is 12.0. The molecule has 1 unspecified atom stereocenters. The number of hydrogen-bond acceptors (Lipinski definition) is 2. The summed E-state index contributed by atoms with van der Waals surface area (Å²) in [4.78, 5) is 0.0949. The molecule has 1 N–H and O–H groups in total. The Labute approximate surface area is 126 Å². The molecule has 102 valence electrons. The first-order chi connectivity index (χ1) is 8.16. The number of aryl methyl sites for hydroxylation is 1. The van der Waals surface area contributed by atoms with Gasteiger partial charge in [-0.15, -0.1) is 11.6 Å². The van der Waals surface area contributed by atoms with Crippen molar-refractivity contribution in [2.75, 3.05) is 5.88 Å². The molecule has 0 radical (unpaired) electrons. The lowest BCUT2D eigenvalue weighted by molar-refractivity contribution is 0.564. The summed E-state index contributed by atoms with van der Waals surface area (Å²) in [6, 6.07) is 5.30. The highest BCUT2D eigenvalue weighted by atomic mass is 35.6. The number of alkyl halides is 4. The fourth-order valence-electron chi connectivity index (χ4n) is 1.16. The second-order valence-electron chi connectivity index (χ2n) is 3.68. The van der Waals surface area contributed by atoms with Crippen LogP contribution in [0.25, 0.3) is 0 Å². The van der Waals surface area contributed by atoms with Gasteiger partial charge in [0, 0.05) is 5.88 Å². The minimum atomic E-state index is -3.76. The van der Waals surface area contributed by atoms with Crippen LogP contribution in [0.2, 0.25) is 0 Å². The smallest absolute Gasteiger partial charge is 0.207 e. The van der Waals surface area contributed by atoms with Gasteiger partial charge in [-0.25, -0.2) is 13.1 Å². The summed E-state index contributed by atoms with van der Waals surface area (Å²) in [7, 11) is -3.76. The molecule has 0 saturated heterocycles.